The van der Waals surface area contributed by atoms with Crippen molar-refractivity contribution < 1.29 is 9.13 Å². The molecule has 0 aliphatic carbocycles. The molecule has 0 aliphatic heterocycles. The van der Waals surface area contributed by atoms with Crippen LogP contribution >= 0.6 is 0 Å². The molecule has 20 heavy (non-hydrogen) atoms. The van der Waals surface area contributed by atoms with Crippen molar-refractivity contribution in [3.8, 4) is 5.75 Å². The van der Waals surface area contributed by atoms with Gasteiger partial charge in [0.25, 0.3) is 0 Å². The number of rotatable bonds is 6. The Morgan fingerprint density at radius 3 is 2.60 bits per heavy atom. The van der Waals surface area contributed by atoms with E-state index in [0.717, 1.165) is 22.6 Å². The number of aryl methyl sites for hydroxylation is 1. The number of nitrogens with one attached hydrogen (secondary N) is 1. The minimum atomic E-state index is -0.211. The van der Waals surface area contributed by atoms with E-state index < -0.39 is 0 Å². The Hall–Kier alpha value is -2.29. The zero-order chi connectivity index (χ0) is 14.4. The van der Waals surface area contributed by atoms with E-state index in [1.807, 2.05) is 31.2 Å². The number of hydrogen-bond donors (Lipinski definition) is 1. The summed E-state index contributed by atoms with van der Waals surface area (Å²) in [7, 11) is 0. The maximum Gasteiger partial charge on any atom is 0.123 e. The second-order valence-corrected chi connectivity index (χ2v) is 4.56. The Morgan fingerprint density at radius 2 is 1.95 bits per heavy atom. The van der Waals surface area contributed by atoms with Gasteiger partial charge in [-0.15, -0.1) is 0 Å². The molecule has 0 saturated heterocycles. The van der Waals surface area contributed by atoms with Crippen molar-refractivity contribution in [1.29, 1.82) is 0 Å². The molecule has 0 bridgehead atoms. The third kappa shape index (κ3) is 3.85. The monoisotopic (exact) mass is 271 g/mol. The second kappa shape index (κ2) is 6.75. The highest BCUT2D eigenvalue weighted by atomic mass is 19.1. The van der Waals surface area contributed by atoms with Crippen LogP contribution in [0.5, 0.6) is 5.75 Å². The average molecular weight is 271 g/mol. The first-order chi connectivity index (χ1) is 9.69. The smallest absolute Gasteiger partial charge is 0.123 e. The molecule has 3 heteroatoms. The number of hydrogen-bond acceptors (Lipinski definition) is 2. The maximum absolute atomic E-state index is 13.0. The predicted molar refractivity (Wildman–Crippen MR) is 80.6 cm³/mol. The summed E-state index contributed by atoms with van der Waals surface area (Å²) in [5.74, 6) is 0.614. The summed E-state index contributed by atoms with van der Waals surface area (Å²) >= 11 is 0. The van der Waals surface area contributed by atoms with E-state index in [0.29, 0.717) is 13.2 Å². The third-order valence-electron chi connectivity index (χ3n) is 2.96. The summed E-state index contributed by atoms with van der Waals surface area (Å²) in [6.07, 6.45) is 1.72. The molecule has 0 aliphatic rings. The molecule has 1 N–H and O–H groups in total. The van der Waals surface area contributed by atoms with Crippen molar-refractivity contribution in [3.63, 3.8) is 0 Å². The van der Waals surface area contributed by atoms with Crippen LogP contribution in [0.4, 0.5) is 10.1 Å². The van der Waals surface area contributed by atoms with E-state index in [1.165, 1.54) is 12.1 Å². The minimum Gasteiger partial charge on any atom is -0.490 e. The van der Waals surface area contributed by atoms with Gasteiger partial charge in [-0.25, -0.2) is 4.39 Å². The largest absolute Gasteiger partial charge is 0.490 e. The SMILES string of the molecule is C=CCOc1ccc(CNc2ccc(F)cc2C)cc1. The normalized spacial score (nSPS) is 10.1. The predicted octanol–water partition coefficient (Wildman–Crippen LogP) is 4.31. The highest BCUT2D eigenvalue weighted by Gasteiger charge is 2.00. The first kappa shape index (κ1) is 14.1. The number of ether oxygens (including phenoxy) is 1. The molecule has 0 spiro atoms. The maximum atomic E-state index is 13.0. The van der Waals surface area contributed by atoms with Crippen LogP contribution in [0.25, 0.3) is 0 Å². The van der Waals surface area contributed by atoms with Crippen LogP contribution < -0.4 is 10.1 Å². The van der Waals surface area contributed by atoms with Crippen molar-refractivity contribution in [3.05, 3.63) is 72.1 Å². The zero-order valence-electron chi connectivity index (χ0n) is 11.5. The molecule has 104 valence electrons. The topological polar surface area (TPSA) is 21.3 Å². The fourth-order valence-corrected chi connectivity index (χ4v) is 1.88. The lowest BCUT2D eigenvalue weighted by Crippen LogP contribution is -2.01. The van der Waals surface area contributed by atoms with Gasteiger partial charge in [-0.3, -0.25) is 0 Å². The van der Waals surface area contributed by atoms with E-state index in [4.69, 9.17) is 4.74 Å². The van der Waals surface area contributed by atoms with Crippen LogP contribution in [0.2, 0.25) is 0 Å². The molecule has 0 saturated carbocycles. The molecular formula is C17H18FNO. The molecule has 0 radical (unpaired) electrons. The highest BCUT2D eigenvalue weighted by Crippen LogP contribution is 2.18. The molecule has 2 rings (SSSR count). The standard InChI is InChI=1S/C17H18FNO/c1-3-10-20-16-7-4-14(5-8-16)12-19-17-9-6-15(18)11-13(17)2/h3-9,11,19H,1,10,12H2,2H3. The lowest BCUT2D eigenvalue weighted by atomic mass is 10.1. The lowest BCUT2D eigenvalue weighted by Gasteiger charge is -2.10. The fourth-order valence-electron chi connectivity index (χ4n) is 1.88. The van der Waals surface area contributed by atoms with Crippen LogP contribution in [0.3, 0.4) is 0 Å². The van der Waals surface area contributed by atoms with E-state index in [9.17, 15) is 4.39 Å². The van der Waals surface area contributed by atoms with E-state index >= 15 is 0 Å². The number of benzene rings is 2. The molecule has 2 aromatic rings. The van der Waals surface area contributed by atoms with Gasteiger partial charge in [-0.05, 0) is 48.4 Å². The average Bonchev–Trinajstić information content (AvgIpc) is 2.45. The Kier molecular flexibility index (Phi) is 4.77. The van der Waals surface area contributed by atoms with Crippen molar-refractivity contribution in [2.24, 2.45) is 0 Å². The molecule has 0 fully saturated rings. The molecule has 0 aromatic heterocycles. The number of anilines is 1. The summed E-state index contributed by atoms with van der Waals surface area (Å²) in [5.41, 5.74) is 2.98. The van der Waals surface area contributed by atoms with E-state index in [1.54, 1.807) is 12.1 Å². The molecule has 0 amide bonds. The minimum absolute atomic E-state index is 0.211. The van der Waals surface area contributed by atoms with Gasteiger partial charge in [0.05, 0.1) is 0 Å². The van der Waals surface area contributed by atoms with Gasteiger partial charge in [0.1, 0.15) is 18.2 Å². The summed E-state index contributed by atoms with van der Waals surface area (Å²) in [6.45, 7) is 6.69. The van der Waals surface area contributed by atoms with Crippen molar-refractivity contribution in [2.45, 2.75) is 13.5 Å². The van der Waals surface area contributed by atoms with Crippen LogP contribution in [0, 0.1) is 12.7 Å². The Morgan fingerprint density at radius 1 is 1.20 bits per heavy atom. The van der Waals surface area contributed by atoms with Crippen LogP contribution in [0.15, 0.2) is 55.1 Å². The Balaban J connectivity index is 1.95. The summed E-state index contributed by atoms with van der Waals surface area (Å²) in [5, 5.41) is 3.30. The summed E-state index contributed by atoms with van der Waals surface area (Å²) < 4.78 is 18.4. The molecule has 2 aromatic carbocycles. The summed E-state index contributed by atoms with van der Waals surface area (Å²) in [6, 6.07) is 12.6. The Labute approximate surface area is 118 Å². The molecular weight excluding hydrogens is 253 g/mol. The third-order valence-corrected chi connectivity index (χ3v) is 2.96. The van der Waals surface area contributed by atoms with Gasteiger partial charge in [0.15, 0.2) is 0 Å². The van der Waals surface area contributed by atoms with Gasteiger partial charge in [-0.1, -0.05) is 24.8 Å². The Bertz CT molecular complexity index is 578. The lowest BCUT2D eigenvalue weighted by molar-refractivity contribution is 0.363. The summed E-state index contributed by atoms with van der Waals surface area (Å²) in [4.78, 5) is 0. The molecule has 0 heterocycles. The van der Waals surface area contributed by atoms with Crippen LogP contribution in [-0.2, 0) is 6.54 Å². The van der Waals surface area contributed by atoms with E-state index in [2.05, 4.69) is 11.9 Å². The van der Waals surface area contributed by atoms with Gasteiger partial charge in [0.2, 0.25) is 0 Å². The van der Waals surface area contributed by atoms with Gasteiger partial charge in [-0.2, -0.15) is 0 Å². The van der Waals surface area contributed by atoms with Gasteiger partial charge < -0.3 is 10.1 Å². The van der Waals surface area contributed by atoms with Crippen molar-refractivity contribution in [1.82, 2.24) is 0 Å². The zero-order valence-corrected chi connectivity index (χ0v) is 11.5. The second-order valence-electron chi connectivity index (χ2n) is 4.56. The van der Waals surface area contributed by atoms with Crippen molar-refractivity contribution in [2.75, 3.05) is 11.9 Å². The van der Waals surface area contributed by atoms with E-state index in [-0.39, 0.29) is 5.82 Å². The van der Waals surface area contributed by atoms with Crippen LogP contribution in [0.1, 0.15) is 11.1 Å². The first-order valence-electron chi connectivity index (χ1n) is 6.51. The highest BCUT2D eigenvalue weighted by molar-refractivity contribution is 5.51. The van der Waals surface area contributed by atoms with Crippen molar-refractivity contribution >= 4 is 5.69 Å². The van der Waals surface area contributed by atoms with Crippen LogP contribution in [-0.4, -0.2) is 6.61 Å². The number of halogens is 1. The van der Waals surface area contributed by atoms with Gasteiger partial charge in [0, 0.05) is 12.2 Å². The fraction of sp³-hybridized carbons (Fsp3) is 0.176. The first-order valence-corrected chi connectivity index (χ1v) is 6.51. The molecule has 2 nitrogen and oxygen atoms in total. The molecule has 0 unspecified atom stereocenters. The molecule has 0 atom stereocenters. The quantitative estimate of drug-likeness (QED) is 0.790. The van der Waals surface area contributed by atoms with Gasteiger partial charge >= 0.3 is 0 Å².